The molecule has 0 radical (unpaired) electrons. The fraction of sp³-hybridized carbons (Fsp3) is 0.476. The van der Waals surface area contributed by atoms with E-state index in [9.17, 15) is 9.59 Å². The number of aryl methyl sites for hydroxylation is 1. The van der Waals surface area contributed by atoms with Gasteiger partial charge in [0.25, 0.3) is 5.91 Å². The average Bonchev–Trinajstić information content (AvgIpc) is 2.97. The molecule has 0 spiro atoms. The molecule has 2 heterocycles. The molecule has 2 amide bonds. The molecule has 0 unspecified atom stereocenters. The predicted molar refractivity (Wildman–Crippen MR) is 110 cm³/mol. The number of halogens is 1. The van der Waals surface area contributed by atoms with Crippen LogP contribution in [0.2, 0.25) is 5.02 Å². The maximum Gasteiger partial charge on any atom is 0.271 e. The smallest absolute Gasteiger partial charge is 0.271 e. The molecule has 1 aliphatic heterocycles. The summed E-state index contributed by atoms with van der Waals surface area (Å²) in [5.41, 5.74) is 2.51. The van der Waals surface area contributed by atoms with Crippen molar-refractivity contribution in [1.29, 1.82) is 0 Å². The summed E-state index contributed by atoms with van der Waals surface area (Å²) in [6.07, 6.45) is 2.51. The normalized spacial score (nSPS) is 14.9. The van der Waals surface area contributed by atoms with Crippen LogP contribution in [0.4, 0.5) is 0 Å². The van der Waals surface area contributed by atoms with Crippen LogP contribution in [0, 0.1) is 13.8 Å². The zero-order chi connectivity index (χ0) is 20.3. The van der Waals surface area contributed by atoms with Crippen molar-refractivity contribution in [2.75, 3.05) is 19.6 Å². The molecule has 0 bridgehead atoms. The van der Waals surface area contributed by atoms with Crippen LogP contribution in [-0.4, -0.2) is 45.9 Å². The third-order valence-corrected chi connectivity index (χ3v) is 5.68. The lowest BCUT2D eigenvalue weighted by Crippen LogP contribution is -2.38. The molecule has 6 nitrogen and oxygen atoms in total. The minimum atomic E-state index is -0.144. The number of aromatic nitrogens is 2. The van der Waals surface area contributed by atoms with Crippen LogP contribution in [0.5, 0.6) is 0 Å². The van der Waals surface area contributed by atoms with E-state index in [4.69, 9.17) is 11.6 Å². The largest absolute Gasteiger partial charge is 0.350 e. The fourth-order valence-corrected chi connectivity index (χ4v) is 4.03. The summed E-state index contributed by atoms with van der Waals surface area (Å²) in [5.74, 6) is 0.828. The summed E-state index contributed by atoms with van der Waals surface area (Å²) in [7, 11) is 0. The third kappa shape index (κ3) is 4.55. The van der Waals surface area contributed by atoms with Crippen molar-refractivity contribution in [3.63, 3.8) is 0 Å². The Labute approximate surface area is 170 Å². The third-order valence-electron chi connectivity index (χ3n) is 5.43. The minimum Gasteiger partial charge on any atom is -0.350 e. The molecule has 1 N–H and O–H groups in total. The Kier molecular flexibility index (Phi) is 6.39. The van der Waals surface area contributed by atoms with Crippen LogP contribution in [0.1, 0.15) is 53.4 Å². The van der Waals surface area contributed by atoms with Gasteiger partial charge in [-0.15, -0.1) is 0 Å². The average molecular weight is 403 g/mol. The van der Waals surface area contributed by atoms with Crippen molar-refractivity contribution >= 4 is 23.4 Å². The molecule has 0 saturated carbocycles. The highest BCUT2D eigenvalue weighted by molar-refractivity contribution is 6.30. The van der Waals surface area contributed by atoms with Gasteiger partial charge in [-0.1, -0.05) is 23.7 Å². The van der Waals surface area contributed by atoms with E-state index >= 15 is 0 Å². The van der Waals surface area contributed by atoms with Gasteiger partial charge in [0, 0.05) is 43.3 Å². The Bertz CT molecular complexity index is 852. The zero-order valence-electron chi connectivity index (χ0n) is 16.7. The molecule has 2 aromatic rings. The number of carbonyl (C=O) groups is 2. The van der Waals surface area contributed by atoms with E-state index in [1.807, 2.05) is 43.0 Å². The van der Waals surface area contributed by atoms with Gasteiger partial charge in [0.15, 0.2) is 0 Å². The quantitative estimate of drug-likeness (QED) is 0.834. The van der Waals surface area contributed by atoms with Crippen molar-refractivity contribution in [2.45, 2.75) is 46.1 Å². The standard InChI is InChI=1S/C21H27ClN4O2/c1-14-20(21(28)23-11-8-17-4-6-18(22)7-5-17)24-15(2)26(14)19-9-12-25(13-10-19)16(3)27/h4-7,19H,8-13H2,1-3H3,(H,23,28). The topological polar surface area (TPSA) is 67.2 Å². The molecule has 1 aromatic heterocycles. The monoisotopic (exact) mass is 402 g/mol. The number of nitrogens with zero attached hydrogens (tertiary/aromatic N) is 3. The maximum atomic E-state index is 12.6. The van der Waals surface area contributed by atoms with Crippen LogP contribution >= 0.6 is 11.6 Å². The highest BCUT2D eigenvalue weighted by Gasteiger charge is 2.26. The second kappa shape index (κ2) is 8.78. The lowest BCUT2D eigenvalue weighted by atomic mass is 10.0. The van der Waals surface area contributed by atoms with Gasteiger partial charge in [-0.25, -0.2) is 4.98 Å². The molecular formula is C21H27ClN4O2. The van der Waals surface area contributed by atoms with Gasteiger partial charge in [-0.05, 0) is 50.8 Å². The first-order chi connectivity index (χ1) is 13.4. The molecule has 3 rings (SSSR count). The highest BCUT2D eigenvalue weighted by Crippen LogP contribution is 2.27. The minimum absolute atomic E-state index is 0.123. The maximum absolute atomic E-state index is 12.6. The second-order valence-electron chi connectivity index (χ2n) is 7.33. The number of rotatable bonds is 5. The number of likely N-dealkylation sites (tertiary alicyclic amines) is 1. The number of amides is 2. The van der Waals surface area contributed by atoms with E-state index in [0.29, 0.717) is 17.3 Å². The van der Waals surface area contributed by atoms with Gasteiger partial charge < -0.3 is 14.8 Å². The predicted octanol–water partition coefficient (Wildman–Crippen LogP) is 3.31. The van der Waals surface area contributed by atoms with Gasteiger partial charge in [-0.2, -0.15) is 0 Å². The van der Waals surface area contributed by atoms with Gasteiger partial charge in [0.05, 0.1) is 0 Å². The van der Waals surface area contributed by atoms with E-state index in [2.05, 4.69) is 14.9 Å². The van der Waals surface area contributed by atoms with Crippen molar-refractivity contribution in [3.05, 3.63) is 52.1 Å². The van der Waals surface area contributed by atoms with Crippen LogP contribution in [-0.2, 0) is 11.2 Å². The lowest BCUT2D eigenvalue weighted by molar-refractivity contribution is -0.130. The zero-order valence-corrected chi connectivity index (χ0v) is 17.4. The molecule has 0 atom stereocenters. The second-order valence-corrected chi connectivity index (χ2v) is 7.77. The first kappa shape index (κ1) is 20.4. The van der Waals surface area contributed by atoms with E-state index in [-0.39, 0.29) is 17.9 Å². The number of hydrogen-bond acceptors (Lipinski definition) is 3. The first-order valence-corrected chi connectivity index (χ1v) is 10.1. The Morgan fingerprint density at radius 1 is 1.18 bits per heavy atom. The van der Waals surface area contributed by atoms with Gasteiger partial charge in [0.2, 0.25) is 5.91 Å². The van der Waals surface area contributed by atoms with Gasteiger partial charge in [-0.3, -0.25) is 9.59 Å². The molecule has 1 fully saturated rings. The summed E-state index contributed by atoms with van der Waals surface area (Å²) in [5, 5.41) is 3.67. The molecule has 1 aliphatic rings. The van der Waals surface area contributed by atoms with Crippen molar-refractivity contribution in [1.82, 2.24) is 19.8 Å². The Hall–Kier alpha value is -2.34. The summed E-state index contributed by atoms with van der Waals surface area (Å²) in [4.78, 5) is 30.6. The van der Waals surface area contributed by atoms with E-state index in [1.54, 1.807) is 6.92 Å². The molecule has 1 saturated heterocycles. The lowest BCUT2D eigenvalue weighted by Gasteiger charge is -2.33. The van der Waals surface area contributed by atoms with Gasteiger partial charge in [0.1, 0.15) is 11.5 Å². The van der Waals surface area contributed by atoms with Gasteiger partial charge >= 0.3 is 0 Å². The Balaban J connectivity index is 1.61. The van der Waals surface area contributed by atoms with Crippen LogP contribution in [0.25, 0.3) is 0 Å². The number of carbonyl (C=O) groups excluding carboxylic acids is 2. The number of nitrogens with one attached hydrogen (secondary N) is 1. The molecular weight excluding hydrogens is 376 g/mol. The van der Waals surface area contributed by atoms with E-state index in [0.717, 1.165) is 49.4 Å². The first-order valence-electron chi connectivity index (χ1n) is 9.70. The molecule has 150 valence electrons. The number of imidazole rings is 1. The SMILES string of the molecule is CC(=O)N1CCC(n2c(C)nc(C(=O)NCCc3ccc(Cl)cc3)c2C)CC1. The summed E-state index contributed by atoms with van der Waals surface area (Å²) in [6, 6.07) is 7.91. The van der Waals surface area contributed by atoms with Crippen molar-refractivity contribution < 1.29 is 9.59 Å². The van der Waals surface area contributed by atoms with E-state index < -0.39 is 0 Å². The molecule has 7 heteroatoms. The Morgan fingerprint density at radius 3 is 2.43 bits per heavy atom. The summed E-state index contributed by atoms with van der Waals surface area (Å²) < 4.78 is 2.16. The van der Waals surface area contributed by atoms with E-state index in [1.165, 1.54) is 0 Å². The van der Waals surface area contributed by atoms with Crippen LogP contribution < -0.4 is 5.32 Å². The molecule has 28 heavy (non-hydrogen) atoms. The number of piperidine rings is 1. The summed E-state index contributed by atoms with van der Waals surface area (Å²) in [6.45, 7) is 7.54. The molecule has 0 aliphatic carbocycles. The van der Waals surface area contributed by atoms with Crippen molar-refractivity contribution in [2.24, 2.45) is 0 Å². The van der Waals surface area contributed by atoms with Crippen molar-refractivity contribution in [3.8, 4) is 0 Å². The van der Waals surface area contributed by atoms with Crippen LogP contribution in [0.15, 0.2) is 24.3 Å². The summed E-state index contributed by atoms with van der Waals surface area (Å²) >= 11 is 5.90. The highest BCUT2D eigenvalue weighted by atomic mass is 35.5. The Morgan fingerprint density at radius 2 is 1.82 bits per heavy atom. The number of hydrogen-bond donors (Lipinski definition) is 1. The fourth-order valence-electron chi connectivity index (χ4n) is 3.90. The van der Waals surface area contributed by atoms with Crippen LogP contribution in [0.3, 0.4) is 0 Å². The number of benzene rings is 1. The molecule has 1 aromatic carbocycles.